The van der Waals surface area contributed by atoms with Gasteiger partial charge in [-0.3, -0.25) is 0 Å². The summed E-state index contributed by atoms with van der Waals surface area (Å²) in [5.74, 6) is 0.180. The van der Waals surface area contributed by atoms with Crippen molar-refractivity contribution in [2.45, 2.75) is 26.7 Å². The fourth-order valence-electron chi connectivity index (χ4n) is 2.08. The first kappa shape index (κ1) is 16.1. The lowest BCUT2D eigenvalue weighted by molar-refractivity contribution is 0.580. The maximum absolute atomic E-state index is 11.6. The Bertz CT molecular complexity index is 679. The molecular weight excluding hydrogens is 304 g/mol. The Balaban J connectivity index is 2.00. The molecule has 0 fully saturated rings. The lowest BCUT2D eigenvalue weighted by Crippen LogP contribution is -2.28. The second-order valence-electron chi connectivity index (χ2n) is 4.84. The quantitative estimate of drug-likeness (QED) is 0.852. The number of sulfonamides is 1. The molecule has 0 saturated carbocycles. The van der Waals surface area contributed by atoms with Crippen LogP contribution in [0, 0.1) is 6.92 Å². The highest BCUT2D eigenvalue weighted by atomic mass is 32.2. The molecule has 1 aromatic carbocycles. The number of aromatic nitrogens is 1. The van der Waals surface area contributed by atoms with Gasteiger partial charge in [0.2, 0.25) is 10.0 Å². The first-order valence-corrected chi connectivity index (χ1v) is 9.48. The summed E-state index contributed by atoms with van der Waals surface area (Å²) in [4.78, 5) is 5.79. The van der Waals surface area contributed by atoms with E-state index < -0.39 is 10.0 Å². The van der Waals surface area contributed by atoms with E-state index in [0.717, 1.165) is 21.1 Å². The monoisotopic (exact) mass is 324 g/mol. The van der Waals surface area contributed by atoms with E-state index >= 15 is 0 Å². The van der Waals surface area contributed by atoms with E-state index in [-0.39, 0.29) is 5.75 Å². The summed E-state index contributed by atoms with van der Waals surface area (Å²) in [6.45, 7) is 4.31. The van der Waals surface area contributed by atoms with Gasteiger partial charge in [-0.15, -0.1) is 11.3 Å². The topological polar surface area (TPSA) is 59.1 Å². The van der Waals surface area contributed by atoms with Crippen molar-refractivity contribution in [1.29, 1.82) is 0 Å². The molecule has 1 aromatic heterocycles. The van der Waals surface area contributed by atoms with Crippen LogP contribution < -0.4 is 4.72 Å². The van der Waals surface area contributed by atoms with E-state index in [4.69, 9.17) is 0 Å². The van der Waals surface area contributed by atoms with Crippen molar-refractivity contribution in [3.8, 4) is 11.3 Å². The number of aryl methyl sites for hydroxylation is 1. The van der Waals surface area contributed by atoms with Crippen molar-refractivity contribution in [2.24, 2.45) is 0 Å². The van der Waals surface area contributed by atoms with Gasteiger partial charge in [0.15, 0.2) is 0 Å². The maximum atomic E-state index is 11.6. The fraction of sp³-hybridized carbons (Fsp3) is 0.400. The van der Waals surface area contributed by atoms with Gasteiger partial charge in [-0.05, 0) is 13.3 Å². The van der Waals surface area contributed by atoms with Crippen LogP contribution in [0.2, 0.25) is 0 Å². The highest BCUT2D eigenvalue weighted by molar-refractivity contribution is 7.89. The molecule has 0 aliphatic heterocycles. The van der Waals surface area contributed by atoms with Crippen molar-refractivity contribution < 1.29 is 8.42 Å². The number of nitrogens with zero attached hydrogens (tertiary/aromatic N) is 1. The second-order valence-corrected chi connectivity index (χ2v) is 8.06. The Morgan fingerprint density at radius 1 is 1.24 bits per heavy atom. The molecule has 21 heavy (non-hydrogen) atoms. The lowest BCUT2D eigenvalue weighted by atomic mass is 10.1. The van der Waals surface area contributed by atoms with Crippen LogP contribution in [0.15, 0.2) is 30.3 Å². The minimum absolute atomic E-state index is 0.180. The van der Waals surface area contributed by atoms with Gasteiger partial charge in [-0.1, -0.05) is 37.3 Å². The molecule has 2 aromatic rings. The Hall–Kier alpha value is -1.24. The largest absolute Gasteiger partial charge is 0.241 e. The normalized spacial score (nSPS) is 11.7. The minimum Gasteiger partial charge on any atom is -0.241 e. The highest BCUT2D eigenvalue weighted by Gasteiger charge is 2.11. The Morgan fingerprint density at radius 2 is 1.95 bits per heavy atom. The number of hydrogen-bond donors (Lipinski definition) is 1. The number of rotatable bonds is 7. The zero-order valence-corrected chi connectivity index (χ0v) is 13.9. The zero-order valence-electron chi connectivity index (χ0n) is 12.3. The maximum Gasteiger partial charge on any atom is 0.211 e. The van der Waals surface area contributed by atoms with Crippen LogP contribution in [0.3, 0.4) is 0 Å². The van der Waals surface area contributed by atoms with Gasteiger partial charge in [0.05, 0.1) is 16.5 Å². The second kappa shape index (κ2) is 7.15. The summed E-state index contributed by atoms with van der Waals surface area (Å²) < 4.78 is 25.8. The first-order valence-electron chi connectivity index (χ1n) is 7.01. The van der Waals surface area contributed by atoms with Crippen LogP contribution in [0.4, 0.5) is 0 Å². The van der Waals surface area contributed by atoms with Gasteiger partial charge in [0.25, 0.3) is 0 Å². The number of hydrogen-bond acceptors (Lipinski definition) is 4. The number of thiazole rings is 1. The molecule has 2 rings (SSSR count). The average molecular weight is 324 g/mol. The molecule has 1 heterocycles. The van der Waals surface area contributed by atoms with E-state index in [1.165, 1.54) is 0 Å². The molecule has 0 saturated heterocycles. The molecule has 114 valence electrons. The highest BCUT2D eigenvalue weighted by Crippen LogP contribution is 2.27. The van der Waals surface area contributed by atoms with Crippen LogP contribution in [0.5, 0.6) is 0 Å². The Labute approximate surface area is 130 Å². The third-order valence-corrected chi connectivity index (χ3v) is 5.64. The molecule has 0 radical (unpaired) electrons. The van der Waals surface area contributed by atoms with Crippen molar-refractivity contribution >= 4 is 21.4 Å². The van der Waals surface area contributed by atoms with Gasteiger partial charge in [-0.25, -0.2) is 18.1 Å². The molecule has 1 N–H and O–H groups in total. The molecular formula is C15H20N2O2S2. The molecule has 0 aliphatic rings. The molecule has 0 atom stereocenters. The predicted octanol–water partition coefficient (Wildman–Crippen LogP) is 2.99. The summed E-state index contributed by atoms with van der Waals surface area (Å²) >= 11 is 1.63. The SMILES string of the molecule is CCCS(=O)(=O)NCCc1nc(-c2ccccc2)c(C)s1. The van der Waals surface area contributed by atoms with E-state index in [0.29, 0.717) is 19.4 Å². The predicted molar refractivity (Wildman–Crippen MR) is 88.1 cm³/mol. The van der Waals surface area contributed by atoms with Crippen LogP contribution in [0.25, 0.3) is 11.3 Å². The standard InChI is InChI=1S/C15H20N2O2S2/c1-3-11-21(18,19)16-10-9-14-17-15(12(2)20-14)13-7-5-4-6-8-13/h4-8,16H,3,9-11H2,1-2H3. The van der Waals surface area contributed by atoms with Crippen LogP contribution in [-0.2, 0) is 16.4 Å². The molecule has 0 unspecified atom stereocenters. The van der Waals surface area contributed by atoms with Gasteiger partial charge >= 0.3 is 0 Å². The summed E-state index contributed by atoms with van der Waals surface area (Å²) in [6, 6.07) is 10.0. The third-order valence-electron chi connectivity index (χ3n) is 3.02. The van der Waals surface area contributed by atoms with Crippen molar-refractivity contribution in [3.05, 3.63) is 40.2 Å². The average Bonchev–Trinajstić information content (AvgIpc) is 2.80. The molecule has 0 bridgehead atoms. The Morgan fingerprint density at radius 3 is 2.62 bits per heavy atom. The first-order chi connectivity index (χ1) is 10.0. The lowest BCUT2D eigenvalue weighted by Gasteiger charge is -2.03. The van der Waals surface area contributed by atoms with E-state index in [1.807, 2.05) is 44.2 Å². The fourth-order valence-corrected chi connectivity index (χ4v) is 4.13. The van der Waals surface area contributed by atoms with Crippen LogP contribution in [0.1, 0.15) is 23.2 Å². The third kappa shape index (κ3) is 4.62. The summed E-state index contributed by atoms with van der Waals surface area (Å²) in [5.41, 5.74) is 2.09. The number of benzene rings is 1. The van der Waals surface area contributed by atoms with Gasteiger partial charge in [-0.2, -0.15) is 0 Å². The van der Waals surface area contributed by atoms with Gasteiger partial charge < -0.3 is 0 Å². The van der Waals surface area contributed by atoms with Crippen LogP contribution in [-0.4, -0.2) is 25.7 Å². The Kier molecular flexibility index (Phi) is 5.50. The van der Waals surface area contributed by atoms with Crippen molar-refractivity contribution in [1.82, 2.24) is 9.71 Å². The summed E-state index contributed by atoms with van der Waals surface area (Å²) in [6.07, 6.45) is 1.26. The van der Waals surface area contributed by atoms with Gasteiger partial charge in [0.1, 0.15) is 0 Å². The van der Waals surface area contributed by atoms with E-state index in [2.05, 4.69) is 9.71 Å². The summed E-state index contributed by atoms with van der Waals surface area (Å²) in [5, 5.41) is 0.963. The summed E-state index contributed by atoms with van der Waals surface area (Å²) in [7, 11) is -3.13. The molecule has 6 heteroatoms. The molecule has 0 spiro atoms. The van der Waals surface area contributed by atoms with Crippen molar-refractivity contribution in [2.75, 3.05) is 12.3 Å². The molecule has 0 amide bonds. The van der Waals surface area contributed by atoms with Gasteiger partial charge in [0, 0.05) is 23.4 Å². The van der Waals surface area contributed by atoms with E-state index in [1.54, 1.807) is 11.3 Å². The smallest absolute Gasteiger partial charge is 0.211 e. The van der Waals surface area contributed by atoms with E-state index in [9.17, 15) is 8.42 Å². The zero-order chi connectivity index (χ0) is 15.3. The molecule has 4 nitrogen and oxygen atoms in total. The molecule has 0 aliphatic carbocycles. The minimum atomic E-state index is -3.13. The van der Waals surface area contributed by atoms with Crippen molar-refractivity contribution in [3.63, 3.8) is 0 Å². The number of nitrogens with one attached hydrogen (secondary N) is 1. The van der Waals surface area contributed by atoms with Crippen LogP contribution >= 0.6 is 11.3 Å².